The Hall–Kier alpha value is -0.330. The molecule has 2 N–H and O–H groups in total. The van der Waals surface area contributed by atoms with Crippen LogP contribution in [0.25, 0.3) is 0 Å². The predicted octanol–water partition coefficient (Wildman–Crippen LogP) is 0.388. The molecule has 6 nitrogen and oxygen atoms in total. The van der Waals surface area contributed by atoms with Crippen molar-refractivity contribution in [1.82, 2.24) is 0 Å². The van der Waals surface area contributed by atoms with Gasteiger partial charge in [0, 0.05) is 6.08 Å². The van der Waals surface area contributed by atoms with Gasteiger partial charge in [0.2, 0.25) is 12.3 Å². The molecule has 0 aliphatic rings. The highest BCUT2D eigenvalue weighted by atomic mass is 32.2. The second kappa shape index (κ2) is 4.53. The molecule has 0 aromatic carbocycles. The maximum Gasteiger partial charge on any atom is 0.483 e. The van der Waals surface area contributed by atoms with E-state index >= 15 is 0 Å². The van der Waals surface area contributed by atoms with Crippen LogP contribution >= 0.6 is 20.1 Å². The summed E-state index contributed by atoms with van der Waals surface area (Å²) in [6.07, 6.45) is 0.829. The number of carbonyl (C=O) groups excluding carboxylic acids is 1. The fourth-order valence-electron chi connectivity index (χ4n) is 0.122. The number of rotatable bonds is 4. The molecule has 0 atom stereocenters. The molecule has 64 valence electrons. The second-order valence-corrected chi connectivity index (χ2v) is 3.12. The average molecular weight is 200 g/mol. The Labute approximate surface area is 66.8 Å². The van der Waals surface area contributed by atoms with E-state index in [0.717, 1.165) is 6.08 Å². The Morgan fingerprint density at radius 2 is 2.18 bits per heavy atom. The molecule has 0 bridgehead atoms. The highest BCUT2D eigenvalue weighted by molar-refractivity contribution is 7.93. The topological polar surface area (TPSA) is 93.1 Å². The Kier molecular flexibility index (Phi) is 4.39. The van der Waals surface area contributed by atoms with Gasteiger partial charge in [0.15, 0.2) is 0 Å². The van der Waals surface area contributed by atoms with Crippen LogP contribution in [-0.4, -0.2) is 15.8 Å². The molecule has 0 heterocycles. The van der Waals surface area contributed by atoms with Gasteiger partial charge in [0.25, 0.3) is 0 Å². The van der Waals surface area contributed by atoms with Crippen molar-refractivity contribution < 1.29 is 27.3 Å². The van der Waals surface area contributed by atoms with Crippen LogP contribution in [-0.2, 0) is 17.5 Å². The minimum atomic E-state index is -4.58. The summed E-state index contributed by atoms with van der Waals surface area (Å²) in [5.74, 6) is -0.844. The first-order chi connectivity index (χ1) is 4.95. The summed E-state index contributed by atoms with van der Waals surface area (Å²) in [7, 11) is -4.58. The summed E-state index contributed by atoms with van der Waals surface area (Å²) in [6.45, 7) is 3.04. The van der Waals surface area contributed by atoms with Crippen molar-refractivity contribution in [2.24, 2.45) is 0 Å². The zero-order chi connectivity index (χ0) is 8.91. The Bertz CT molecular complexity index is 196. The number of hydrogen-bond acceptors (Lipinski definition) is 5. The molecule has 0 saturated carbocycles. The molecule has 0 amide bonds. The Balaban J connectivity index is 3.51. The monoisotopic (exact) mass is 200 g/mol. The fourth-order valence-corrected chi connectivity index (χ4v) is 0.696. The van der Waals surface area contributed by atoms with Gasteiger partial charge in [0.05, 0.1) is 0 Å². The molecule has 0 rings (SSSR count). The lowest BCUT2D eigenvalue weighted by molar-refractivity contribution is -0.127. The molecule has 8 heteroatoms. The van der Waals surface area contributed by atoms with Crippen LogP contribution in [0.5, 0.6) is 0 Å². The summed E-state index contributed by atoms with van der Waals surface area (Å²) in [5, 5.41) is 0. The smallest absolute Gasteiger partial charge is 0.360 e. The maximum atomic E-state index is 10.2. The van der Waals surface area contributed by atoms with Crippen molar-refractivity contribution in [3.8, 4) is 0 Å². The van der Waals surface area contributed by atoms with Crippen LogP contribution in [0.15, 0.2) is 12.7 Å². The minimum absolute atomic E-state index is 0.0910. The largest absolute Gasteiger partial charge is 0.483 e. The first kappa shape index (κ1) is 10.7. The zero-order valence-corrected chi connectivity index (χ0v) is 6.88. The molecule has 0 aromatic rings. The van der Waals surface area contributed by atoms with Gasteiger partial charge in [-0.15, -0.1) is 0 Å². The molecule has 0 aromatic heterocycles. The molecule has 0 fully saturated rings. The molecular weight excluding hydrogens is 195 g/mol. The summed E-state index contributed by atoms with van der Waals surface area (Å²) in [5.41, 5.74) is 0. The zero-order valence-electron chi connectivity index (χ0n) is 5.17. The van der Waals surface area contributed by atoms with Gasteiger partial charge in [-0.1, -0.05) is 6.58 Å². The van der Waals surface area contributed by atoms with E-state index in [9.17, 15) is 9.36 Å². The van der Waals surface area contributed by atoms with Gasteiger partial charge in [0.1, 0.15) is 0 Å². The van der Waals surface area contributed by atoms with Gasteiger partial charge < -0.3 is 14.0 Å². The summed E-state index contributed by atoms with van der Waals surface area (Å²) in [6, 6.07) is 0. The third-order valence-corrected chi connectivity index (χ3v) is 1.66. The van der Waals surface area contributed by atoms with Crippen molar-refractivity contribution in [2.45, 2.75) is 0 Å². The SMILES string of the molecule is C=CC(=O)OSOP(=O)(O)O. The highest BCUT2D eigenvalue weighted by Crippen LogP contribution is 2.41. The number of phosphoric acid groups is 1. The van der Waals surface area contributed by atoms with Crippen molar-refractivity contribution in [3.63, 3.8) is 0 Å². The summed E-state index contributed by atoms with van der Waals surface area (Å²) in [4.78, 5) is 26.3. The first-order valence-corrected chi connectivity index (χ1v) is 4.40. The van der Waals surface area contributed by atoms with Crippen molar-refractivity contribution in [1.29, 1.82) is 0 Å². The normalized spacial score (nSPS) is 10.7. The van der Waals surface area contributed by atoms with Gasteiger partial charge >= 0.3 is 13.8 Å². The van der Waals surface area contributed by atoms with Gasteiger partial charge in [-0.25, -0.2) is 9.36 Å². The van der Waals surface area contributed by atoms with Crippen molar-refractivity contribution in [3.05, 3.63) is 12.7 Å². The van der Waals surface area contributed by atoms with Crippen LogP contribution in [0.3, 0.4) is 0 Å². The Morgan fingerprint density at radius 1 is 1.64 bits per heavy atom. The molecule has 0 radical (unpaired) electrons. The molecule has 0 spiro atoms. The third kappa shape index (κ3) is 7.57. The van der Waals surface area contributed by atoms with Gasteiger partial charge in [-0.05, 0) is 0 Å². The first-order valence-electron chi connectivity index (χ1n) is 2.20. The lowest BCUT2D eigenvalue weighted by Gasteiger charge is -2.00. The van der Waals surface area contributed by atoms with E-state index in [4.69, 9.17) is 9.79 Å². The van der Waals surface area contributed by atoms with E-state index < -0.39 is 13.8 Å². The van der Waals surface area contributed by atoms with Crippen LogP contribution in [0.2, 0.25) is 0 Å². The molecular formula is C3H5O6PS. The molecule has 0 aliphatic heterocycles. The summed E-state index contributed by atoms with van der Waals surface area (Å²) < 4.78 is 17.6. The van der Waals surface area contributed by atoms with Crippen molar-refractivity contribution in [2.75, 3.05) is 0 Å². The summed E-state index contributed by atoms with van der Waals surface area (Å²) >= 11 is -0.0910. The lowest BCUT2D eigenvalue weighted by Crippen LogP contribution is -1.92. The fraction of sp³-hybridized carbons (Fsp3) is 0. The van der Waals surface area contributed by atoms with E-state index in [1.807, 2.05) is 0 Å². The predicted molar refractivity (Wildman–Crippen MR) is 37.0 cm³/mol. The standard InChI is InChI=1S/C3H5O6PS/c1-2-3(4)8-11-9-10(5,6)7/h2H,1H2,(H2,5,6,7). The highest BCUT2D eigenvalue weighted by Gasteiger charge is 2.16. The number of hydrogen-bond donors (Lipinski definition) is 2. The minimum Gasteiger partial charge on any atom is -0.360 e. The van der Waals surface area contributed by atoms with Crippen LogP contribution < -0.4 is 0 Å². The van der Waals surface area contributed by atoms with E-state index in [-0.39, 0.29) is 12.3 Å². The van der Waals surface area contributed by atoms with Crippen LogP contribution in [0.4, 0.5) is 0 Å². The van der Waals surface area contributed by atoms with Crippen LogP contribution in [0, 0.1) is 0 Å². The molecule has 0 unspecified atom stereocenters. The van der Waals surface area contributed by atoms with E-state index in [1.54, 1.807) is 0 Å². The van der Waals surface area contributed by atoms with Gasteiger partial charge in [-0.3, -0.25) is 0 Å². The number of carbonyl (C=O) groups is 1. The van der Waals surface area contributed by atoms with Crippen molar-refractivity contribution >= 4 is 26.1 Å². The average Bonchev–Trinajstić information content (AvgIpc) is 1.85. The maximum absolute atomic E-state index is 10.2. The second-order valence-electron chi connectivity index (χ2n) is 1.24. The van der Waals surface area contributed by atoms with E-state index in [2.05, 4.69) is 14.7 Å². The quantitative estimate of drug-likeness (QED) is 0.385. The lowest BCUT2D eigenvalue weighted by atomic mass is 10.7. The molecule has 11 heavy (non-hydrogen) atoms. The van der Waals surface area contributed by atoms with E-state index in [0.29, 0.717) is 0 Å². The molecule has 0 aliphatic carbocycles. The van der Waals surface area contributed by atoms with E-state index in [1.165, 1.54) is 0 Å². The Morgan fingerprint density at radius 3 is 2.55 bits per heavy atom. The molecule has 0 saturated heterocycles. The third-order valence-electron chi connectivity index (χ3n) is 0.410. The van der Waals surface area contributed by atoms with Crippen LogP contribution in [0.1, 0.15) is 0 Å². The van der Waals surface area contributed by atoms with Gasteiger partial charge in [-0.2, -0.15) is 3.97 Å².